The fraction of sp³-hybridized carbons (Fsp3) is 0.684. The molecule has 1 aromatic carbocycles. The van der Waals surface area contributed by atoms with Crippen molar-refractivity contribution in [3.8, 4) is 0 Å². The standard InChI is InChI=1S/C19H33N/c1-5-8-13-19(7-3,16-20-14-6-2)15-18-11-9-17(4)10-12-18/h9-12,20H,5-8,13-16H2,1-4H3. The molecule has 0 amide bonds. The monoisotopic (exact) mass is 275 g/mol. The van der Waals surface area contributed by atoms with E-state index in [-0.39, 0.29) is 0 Å². The normalized spacial score (nSPS) is 14.2. The number of aryl methyl sites for hydroxylation is 1. The molecule has 0 radical (unpaired) electrons. The van der Waals surface area contributed by atoms with Gasteiger partial charge in [0.15, 0.2) is 0 Å². The first kappa shape index (κ1) is 17.2. The van der Waals surface area contributed by atoms with Crippen molar-refractivity contribution in [1.82, 2.24) is 5.32 Å². The maximum Gasteiger partial charge on any atom is 0.00109 e. The quantitative estimate of drug-likeness (QED) is 0.584. The van der Waals surface area contributed by atoms with E-state index < -0.39 is 0 Å². The molecule has 0 aliphatic rings. The molecule has 1 unspecified atom stereocenters. The van der Waals surface area contributed by atoms with Gasteiger partial charge >= 0.3 is 0 Å². The topological polar surface area (TPSA) is 12.0 Å². The van der Waals surface area contributed by atoms with Crippen LogP contribution in [-0.2, 0) is 6.42 Å². The van der Waals surface area contributed by atoms with Gasteiger partial charge in [0.05, 0.1) is 0 Å². The van der Waals surface area contributed by atoms with E-state index in [2.05, 4.69) is 57.3 Å². The van der Waals surface area contributed by atoms with E-state index >= 15 is 0 Å². The third kappa shape index (κ3) is 5.66. The summed E-state index contributed by atoms with van der Waals surface area (Å²) in [5.74, 6) is 0. The van der Waals surface area contributed by atoms with Crippen molar-refractivity contribution in [2.75, 3.05) is 13.1 Å². The summed E-state index contributed by atoms with van der Waals surface area (Å²) < 4.78 is 0. The number of hydrogen-bond acceptors (Lipinski definition) is 1. The van der Waals surface area contributed by atoms with Crippen molar-refractivity contribution in [3.05, 3.63) is 35.4 Å². The molecule has 0 aromatic heterocycles. The van der Waals surface area contributed by atoms with Crippen LogP contribution in [0.1, 0.15) is 64.0 Å². The van der Waals surface area contributed by atoms with Crippen LogP contribution in [0.15, 0.2) is 24.3 Å². The van der Waals surface area contributed by atoms with Crippen LogP contribution in [0.5, 0.6) is 0 Å². The van der Waals surface area contributed by atoms with Gasteiger partial charge in [-0.05, 0) is 50.1 Å². The van der Waals surface area contributed by atoms with E-state index in [1.54, 1.807) is 0 Å². The molecule has 1 N–H and O–H groups in total. The van der Waals surface area contributed by atoms with Crippen LogP contribution in [-0.4, -0.2) is 13.1 Å². The number of rotatable bonds is 10. The second-order valence-electron chi connectivity index (χ2n) is 6.30. The number of unbranched alkanes of at least 4 members (excludes halogenated alkanes) is 1. The van der Waals surface area contributed by atoms with Gasteiger partial charge in [-0.15, -0.1) is 0 Å². The first-order valence-electron chi connectivity index (χ1n) is 8.42. The Hall–Kier alpha value is -0.820. The first-order chi connectivity index (χ1) is 9.65. The summed E-state index contributed by atoms with van der Waals surface area (Å²) >= 11 is 0. The molecular formula is C19H33N. The Kier molecular flexibility index (Phi) is 7.91. The minimum Gasteiger partial charge on any atom is -0.316 e. The summed E-state index contributed by atoms with van der Waals surface area (Å²) in [6, 6.07) is 9.11. The van der Waals surface area contributed by atoms with E-state index in [0.29, 0.717) is 5.41 Å². The number of benzene rings is 1. The third-order valence-electron chi connectivity index (χ3n) is 4.44. The highest BCUT2D eigenvalue weighted by molar-refractivity contribution is 5.22. The third-order valence-corrected chi connectivity index (χ3v) is 4.44. The van der Waals surface area contributed by atoms with Gasteiger partial charge in [-0.25, -0.2) is 0 Å². The van der Waals surface area contributed by atoms with Crippen LogP contribution < -0.4 is 5.32 Å². The zero-order valence-corrected chi connectivity index (χ0v) is 14.0. The highest BCUT2D eigenvalue weighted by Gasteiger charge is 2.27. The number of nitrogens with one attached hydrogen (secondary N) is 1. The first-order valence-corrected chi connectivity index (χ1v) is 8.42. The van der Waals surface area contributed by atoms with Gasteiger partial charge in [0.25, 0.3) is 0 Å². The van der Waals surface area contributed by atoms with Crippen LogP contribution in [0.25, 0.3) is 0 Å². The molecule has 0 aliphatic carbocycles. The molecule has 1 atom stereocenters. The molecule has 1 heteroatoms. The highest BCUT2D eigenvalue weighted by Crippen LogP contribution is 2.32. The van der Waals surface area contributed by atoms with Gasteiger partial charge < -0.3 is 5.32 Å². The molecule has 0 spiro atoms. The summed E-state index contributed by atoms with van der Waals surface area (Å²) in [7, 11) is 0. The Bertz CT molecular complexity index is 355. The lowest BCUT2D eigenvalue weighted by molar-refractivity contribution is 0.229. The summed E-state index contributed by atoms with van der Waals surface area (Å²) in [6.07, 6.45) is 7.66. The van der Waals surface area contributed by atoms with Crippen LogP contribution in [0.4, 0.5) is 0 Å². The molecule has 114 valence electrons. The number of hydrogen-bond donors (Lipinski definition) is 1. The van der Waals surface area contributed by atoms with E-state index in [9.17, 15) is 0 Å². The van der Waals surface area contributed by atoms with Gasteiger partial charge in [-0.1, -0.05) is 63.4 Å². The lowest BCUT2D eigenvalue weighted by Gasteiger charge is -2.34. The molecule has 1 aromatic rings. The van der Waals surface area contributed by atoms with E-state index in [1.165, 1.54) is 49.7 Å². The van der Waals surface area contributed by atoms with Crippen LogP contribution in [0.2, 0.25) is 0 Å². The average molecular weight is 275 g/mol. The summed E-state index contributed by atoms with van der Waals surface area (Å²) in [5.41, 5.74) is 3.28. The van der Waals surface area contributed by atoms with Crippen molar-refractivity contribution in [2.24, 2.45) is 5.41 Å². The molecule has 20 heavy (non-hydrogen) atoms. The van der Waals surface area contributed by atoms with Crippen molar-refractivity contribution in [2.45, 2.75) is 66.2 Å². The Morgan fingerprint density at radius 1 is 1.00 bits per heavy atom. The summed E-state index contributed by atoms with van der Waals surface area (Å²) in [6.45, 7) is 11.4. The minimum atomic E-state index is 0.431. The fourth-order valence-corrected chi connectivity index (χ4v) is 2.89. The Morgan fingerprint density at radius 3 is 2.25 bits per heavy atom. The van der Waals surface area contributed by atoms with Crippen LogP contribution in [0.3, 0.4) is 0 Å². The largest absolute Gasteiger partial charge is 0.316 e. The van der Waals surface area contributed by atoms with Gasteiger partial charge in [0.2, 0.25) is 0 Å². The van der Waals surface area contributed by atoms with E-state index in [4.69, 9.17) is 0 Å². The van der Waals surface area contributed by atoms with Gasteiger partial charge in [-0.2, -0.15) is 0 Å². The van der Waals surface area contributed by atoms with Crippen molar-refractivity contribution < 1.29 is 0 Å². The molecular weight excluding hydrogens is 242 g/mol. The fourth-order valence-electron chi connectivity index (χ4n) is 2.89. The summed E-state index contributed by atoms with van der Waals surface area (Å²) in [5, 5.41) is 3.67. The maximum atomic E-state index is 3.67. The van der Waals surface area contributed by atoms with Crippen molar-refractivity contribution in [3.63, 3.8) is 0 Å². The zero-order chi connectivity index (χ0) is 14.8. The van der Waals surface area contributed by atoms with E-state index in [1.807, 2.05) is 0 Å². The lowest BCUT2D eigenvalue weighted by atomic mass is 9.75. The predicted octanol–water partition coefficient (Wildman–Crippen LogP) is 5.12. The van der Waals surface area contributed by atoms with Crippen molar-refractivity contribution >= 4 is 0 Å². The molecule has 0 aliphatic heterocycles. The minimum absolute atomic E-state index is 0.431. The Morgan fingerprint density at radius 2 is 1.70 bits per heavy atom. The lowest BCUT2D eigenvalue weighted by Crippen LogP contribution is -2.36. The molecule has 0 heterocycles. The second kappa shape index (κ2) is 9.18. The van der Waals surface area contributed by atoms with E-state index in [0.717, 1.165) is 13.1 Å². The molecule has 0 bridgehead atoms. The predicted molar refractivity (Wildman–Crippen MR) is 90.3 cm³/mol. The highest BCUT2D eigenvalue weighted by atomic mass is 14.9. The van der Waals surface area contributed by atoms with Gasteiger partial charge in [0.1, 0.15) is 0 Å². The smallest absolute Gasteiger partial charge is 0.00109 e. The summed E-state index contributed by atoms with van der Waals surface area (Å²) in [4.78, 5) is 0. The zero-order valence-electron chi connectivity index (χ0n) is 14.0. The second-order valence-corrected chi connectivity index (χ2v) is 6.30. The SMILES string of the molecule is CCCCC(CC)(CNCCC)Cc1ccc(C)cc1. The molecule has 1 rings (SSSR count). The van der Waals surface area contributed by atoms with Gasteiger partial charge in [-0.3, -0.25) is 0 Å². The Balaban J connectivity index is 2.75. The Labute approximate surface area is 126 Å². The molecule has 1 nitrogen and oxygen atoms in total. The average Bonchev–Trinajstić information content (AvgIpc) is 2.47. The van der Waals surface area contributed by atoms with Crippen LogP contribution in [0, 0.1) is 12.3 Å². The maximum absolute atomic E-state index is 3.67. The molecule has 0 fully saturated rings. The van der Waals surface area contributed by atoms with Gasteiger partial charge in [0, 0.05) is 6.54 Å². The van der Waals surface area contributed by atoms with Crippen molar-refractivity contribution in [1.29, 1.82) is 0 Å². The van der Waals surface area contributed by atoms with Crippen LogP contribution >= 0.6 is 0 Å². The molecule has 0 saturated heterocycles. The molecule has 0 saturated carbocycles.